The van der Waals surface area contributed by atoms with E-state index in [1.165, 1.54) is 12.8 Å². The van der Waals surface area contributed by atoms with Crippen molar-refractivity contribution >= 4 is 6.29 Å². The van der Waals surface area contributed by atoms with E-state index in [-0.39, 0.29) is 0 Å². The first-order valence-corrected chi connectivity index (χ1v) is 4.39. The van der Waals surface area contributed by atoms with Crippen molar-refractivity contribution in [2.24, 2.45) is 0 Å². The van der Waals surface area contributed by atoms with Crippen molar-refractivity contribution in [3.05, 3.63) is 0 Å². The molecule has 0 aliphatic rings. The van der Waals surface area contributed by atoms with E-state index in [9.17, 15) is 4.79 Å². The summed E-state index contributed by atoms with van der Waals surface area (Å²) in [5, 5.41) is 3.34. The Kier molecular flexibility index (Phi) is 7.47. The molecule has 1 radical (unpaired) electrons. The summed E-state index contributed by atoms with van der Waals surface area (Å²) in [5.41, 5.74) is 0. The second-order valence-corrected chi connectivity index (χ2v) is 2.89. The maximum Gasteiger partial charge on any atom is 0.198 e. The highest BCUT2D eigenvalue weighted by molar-refractivity contribution is 5.50. The molecule has 0 aliphatic heterocycles. The van der Waals surface area contributed by atoms with Gasteiger partial charge in [0.15, 0.2) is 6.29 Å². The smallest absolute Gasteiger partial charge is 0.198 e. The Labute approximate surface area is 69.4 Å². The number of carbonyl (C=O) groups excluding carboxylic acids is 1. The van der Waals surface area contributed by atoms with Crippen LogP contribution in [0.5, 0.6) is 0 Å². The molecule has 0 fully saturated rings. The molecule has 0 aromatic heterocycles. The fraction of sp³-hybridized carbons (Fsp3) is 0.889. The molecule has 0 aromatic rings. The molecule has 1 N–H and O–H groups in total. The van der Waals surface area contributed by atoms with Crippen molar-refractivity contribution < 1.29 is 4.79 Å². The van der Waals surface area contributed by atoms with Gasteiger partial charge in [0.05, 0.1) is 0 Å². The standard InChI is InChI=1S/C9H18NO/c1-3-4-7-10-9(2)6-5-8-11/h9-10H,3-7H2,1-2H3. The highest BCUT2D eigenvalue weighted by Crippen LogP contribution is 1.94. The van der Waals surface area contributed by atoms with Gasteiger partial charge in [-0.3, -0.25) is 4.79 Å². The lowest BCUT2D eigenvalue weighted by molar-refractivity contribution is 0.497. The highest BCUT2D eigenvalue weighted by atomic mass is 16.1. The molecule has 1 atom stereocenters. The maximum absolute atomic E-state index is 9.89. The Morgan fingerprint density at radius 1 is 1.55 bits per heavy atom. The van der Waals surface area contributed by atoms with Crippen molar-refractivity contribution in [1.82, 2.24) is 5.32 Å². The summed E-state index contributed by atoms with van der Waals surface area (Å²) in [7, 11) is 0. The minimum Gasteiger partial charge on any atom is -0.314 e. The van der Waals surface area contributed by atoms with Crippen LogP contribution in [0.2, 0.25) is 0 Å². The minimum absolute atomic E-state index is 0.461. The van der Waals surface area contributed by atoms with Gasteiger partial charge >= 0.3 is 0 Å². The van der Waals surface area contributed by atoms with Gasteiger partial charge in [-0.1, -0.05) is 13.3 Å². The van der Waals surface area contributed by atoms with Crippen LogP contribution in [0.3, 0.4) is 0 Å². The fourth-order valence-electron chi connectivity index (χ4n) is 0.903. The van der Waals surface area contributed by atoms with Crippen LogP contribution in [0, 0.1) is 0 Å². The minimum atomic E-state index is 0.461. The molecule has 0 bridgehead atoms. The SMILES string of the molecule is CCCCNC(C)CC[C]=O. The van der Waals surface area contributed by atoms with E-state index in [1.807, 2.05) is 6.29 Å². The monoisotopic (exact) mass is 156 g/mol. The van der Waals surface area contributed by atoms with Gasteiger partial charge in [0.25, 0.3) is 0 Å². The molecule has 0 rings (SSSR count). The van der Waals surface area contributed by atoms with Crippen molar-refractivity contribution in [1.29, 1.82) is 0 Å². The van der Waals surface area contributed by atoms with E-state index in [2.05, 4.69) is 19.2 Å². The van der Waals surface area contributed by atoms with Crippen LogP contribution in [0.1, 0.15) is 39.5 Å². The Balaban J connectivity index is 3.08. The van der Waals surface area contributed by atoms with Crippen LogP contribution >= 0.6 is 0 Å². The zero-order valence-electron chi connectivity index (χ0n) is 7.52. The lowest BCUT2D eigenvalue weighted by Crippen LogP contribution is -2.26. The van der Waals surface area contributed by atoms with E-state index in [4.69, 9.17) is 0 Å². The Morgan fingerprint density at radius 3 is 2.82 bits per heavy atom. The first-order chi connectivity index (χ1) is 5.31. The summed E-state index contributed by atoms with van der Waals surface area (Å²) < 4.78 is 0. The van der Waals surface area contributed by atoms with Crippen LogP contribution < -0.4 is 5.32 Å². The number of unbranched alkanes of at least 4 members (excludes halogenated alkanes) is 1. The molecule has 1 unspecified atom stereocenters. The van der Waals surface area contributed by atoms with Crippen LogP contribution in [0.25, 0.3) is 0 Å². The molecule has 2 heteroatoms. The molecular formula is C9H18NO. The molecule has 0 saturated carbocycles. The molecule has 0 spiro atoms. The zero-order valence-corrected chi connectivity index (χ0v) is 7.52. The highest BCUT2D eigenvalue weighted by Gasteiger charge is 1.98. The van der Waals surface area contributed by atoms with E-state index in [0.29, 0.717) is 12.5 Å². The van der Waals surface area contributed by atoms with Crippen molar-refractivity contribution in [3.8, 4) is 0 Å². The van der Waals surface area contributed by atoms with Crippen molar-refractivity contribution in [3.63, 3.8) is 0 Å². The number of hydrogen-bond donors (Lipinski definition) is 1. The Morgan fingerprint density at radius 2 is 2.27 bits per heavy atom. The normalized spacial score (nSPS) is 12.9. The zero-order chi connectivity index (χ0) is 8.53. The summed E-state index contributed by atoms with van der Waals surface area (Å²) in [5.74, 6) is 0. The van der Waals surface area contributed by atoms with Gasteiger partial charge in [-0.25, -0.2) is 0 Å². The van der Waals surface area contributed by atoms with Gasteiger partial charge in [0.2, 0.25) is 0 Å². The van der Waals surface area contributed by atoms with Crippen LogP contribution in [-0.4, -0.2) is 18.9 Å². The van der Waals surface area contributed by atoms with Crippen LogP contribution in [0.15, 0.2) is 0 Å². The molecule has 0 aromatic carbocycles. The summed E-state index contributed by atoms with van der Waals surface area (Å²) in [4.78, 5) is 9.89. The largest absolute Gasteiger partial charge is 0.314 e. The second kappa shape index (κ2) is 7.73. The predicted molar refractivity (Wildman–Crippen MR) is 47.3 cm³/mol. The molecule has 0 aliphatic carbocycles. The molecule has 0 saturated heterocycles. The third-order valence-corrected chi connectivity index (χ3v) is 1.70. The quantitative estimate of drug-likeness (QED) is 0.568. The summed E-state index contributed by atoms with van der Waals surface area (Å²) in [6, 6.07) is 0.461. The van der Waals surface area contributed by atoms with Gasteiger partial charge in [-0.15, -0.1) is 0 Å². The van der Waals surface area contributed by atoms with Crippen LogP contribution in [-0.2, 0) is 4.79 Å². The molecule has 0 amide bonds. The molecule has 11 heavy (non-hydrogen) atoms. The van der Waals surface area contributed by atoms with Gasteiger partial charge in [-0.05, 0) is 26.3 Å². The van der Waals surface area contributed by atoms with Gasteiger partial charge in [0.1, 0.15) is 0 Å². The molecule has 2 nitrogen and oxygen atoms in total. The first kappa shape index (κ1) is 10.6. The van der Waals surface area contributed by atoms with E-state index < -0.39 is 0 Å². The first-order valence-electron chi connectivity index (χ1n) is 4.39. The number of hydrogen-bond acceptors (Lipinski definition) is 2. The van der Waals surface area contributed by atoms with Gasteiger partial charge in [-0.2, -0.15) is 0 Å². The Hall–Kier alpha value is -0.370. The third kappa shape index (κ3) is 7.53. The average Bonchev–Trinajstić information content (AvgIpc) is 2.01. The van der Waals surface area contributed by atoms with Gasteiger partial charge in [0, 0.05) is 12.5 Å². The second-order valence-electron chi connectivity index (χ2n) is 2.89. The van der Waals surface area contributed by atoms with E-state index in [1.54, 1.807) is 0 Å². The van der Waals surface area contributed by atoms with Crippen molar-refractivity contribution in [2.75, 3.05) is 6.54 Å². The van der Waals surface area contributed by atoms with Crippen LogP contribution in [0.4, 0.5) is 0 Å². The molecule has 0 heterocycles. The van der Waals surface area contributed by atoms with Crippen molar-refractivity contribution in [2.45, 2.75) is 45.6 Å². The third-order valence-electron chi connectivity index (χ3n) is 1.70. The van der Waals surface area contributed by atoms with Gasteiger partial charge < -0.3 is 5.32 Å². The average molecular weight is 156 g/mol. The summed E-state index contributed by atoms with van der Waals surface area (Å²) in [6.07, 6.45) is 5.80. The molecule has 65 valence electrons. The fourth-order valence-corrected chi connectivity index (χ4v) is 0.903. The predicted octanol–water partition coefficient (Wildman–Crippen LogP) is 1.65. The number of rotatable bonds is 7. The van der Waals surface area contributed by atoms with E-state index in [0.717, 1.165) is 13.0 Å². The lowest BCUT2D eigenvalue weighted by atomic mass is 10.2. The molecular weight excluding hydrogens is 138 g/mol. The van der Waals surface area contributed by atoms with E-state index >= 15 is 0 Å². The Bertz CT molecular complexity index is 93.6. The summed E-state index contributed by atoms with van der Waals surface area (Å²) >= 11 is 0. The summed E-state index contributed by atoms with van der Waals surface area (Å²) in [6.45, 7) is 5.34. The maximum atomic E-state index is 9.89. The lowest BCUT2D eigenvalue weighted by Gasteiger charge is -2.10. The number of nitrogens with one attached hydrogen (secondary N) is 1. The topological polar surface area (TPSA) is 29.1 Å².